The molecule has 0 aliphatic heterocycles. The summed E-state index contributed by atoms with van der Waals surface area (Å²) in [5, 5.41) is 0. The standard InChI is InChI=1S/C18H20O5/c1-3-21-18(19)14-5-4-6-17(13-14)23-12-11-22-16-9-7-15(20-2)8-10-16/h4-10,13H,3,11-12H2,1-2H3. The minimum absolute atomic E-state index is 0.347. The topological polar surface area (TPSA) is 54.0 Å². The van der Waals surface area contributed by atoms with Crippen LogP contribution in [-0.2, 0) is 4.74 Å². The molecule has 0 bridgehead atoms. The lowest BCUT2D eigenvalue weighted by molar-refractivity contribution is 0.0526. The summed E-state index contributed by atoms with van der Waals surface area (Å²) in [6, 6.07) is 14.2. The number of benzene rings is 2. The number of rotatable bonds is 8. The van der Waals surface area contributed by atoms with E-state index in [1.54, 1.807) is 38.3 Å². The van der Waals surface area contributed by atoms with Gasteiger partial charge in [-0.2, -0.15) is 0 Å². The van der Waals surface area contributed by atoms with Crippen LogP contribution in [0.2, 0.25) is 0 Å². The molecule has 0 unspecified atom stereocenters. The van der Waals surface area contributed by atoms with Crippen molar-refractivity contribution in [1.29, 1.82) is 0 Å². The molecule has 2 aromatic rings. The Bertz CT molecular complexity index is 622. The van der Waals surface area contributed by atoms with Gasteiger partial charge in [-0.25, -0.2) is 4.79 Å². The Morgan fingerprint density at radius 1 is 0.913 bits per heavy atom. The Labute approximate surface area is 135 Å². The van der Waals surface area contributed by atoms with Gasteiger partial charge in [-0.15, -0.1) is 0 Å². The fourth-order valence-corrected chi connectivity index (χ4v) is 1.92. The Morgan fingerprint density at radius 3 is 2.22 bits per heavy atom. The van der Waals surface area contributed by atoms with Gasteiger partial charge in [-0.3, -0.25) is 0 Å². The number of methoxy groups -OCH3 is 1. The highest BCUT2D eigenvalue weighted by molar-refractivity contribution is 5.89. The van der Waals surface area contributed by atoms with Gasteiger partial charge in [0.1, 0.15) is 30.5 Å². The first kappa shape index (κ1) is 16.7. The highest BCUT2D eigenvalue weighted by Gasteiger charge is 2.07. The van der Waals surface area contributed by atoms with Gasteiger partial charge < -0.3 is 18.9 Å². The minimum Gasteiger partial charge on any atom is -0.497 e. The van der Waals surface area contributed by atoms with E-state index in [-0.39, 0.29) is 5.97 Å². The normalized spacial score (nSPS) is 10.0. The first-order chi connectivity index (χ1) is 11.2. The van der Waals surface area contributed by atoms with Gasteiger partial charge in [0.15, 0.2) is 0 Å². The molecule has 23 heavy (non-hydrogen) atoms. The third-order valence-corrected chi connectivity index (χ3v) is 3.03. The number of carbonyl (C=O) groups is 1. The SMILES string of the molecule is CCOC(=O)c1cccc(OCCOc2ccc(OC)cc2)c1. The molecule has 0 amide bonds. The fourth-order valence-electron chi connectivity index (χ4n) is 1.92. The van der Waals surface area contributed by atoms with Crippen molar-refractivity contribution in [3.63, 3.8) is 0 Å². The number of hydrogen-bond donors (Lipinski definition) is 0. The molecule has 5 nitrogen and oxygen atoms in total. The first-order valence-corrected chi connectivity index (χ1v) is 7.39. The van der Waals surface area contributed by atoms with Crippen molar-refractivity contribution in [3.05, 3.63) is 54.1 Å². The number of esters is 1. The zero-order valence-corrected chi connectivity index (χ0v) is 13.3. The largest absolute Gasteiger partial charge is 0.497 e. The summed E-state index contributed by atoms with van der Waals surface area (Å²) < 4.78 is 21.2. The van der Waals surface area contributed by atoms with Gasteiger partial charge >= 0.3 is 5.97 Å². The molecule has 0 heterocycles. The average Bonchev–Trinajstić information content (AvgIpc) is 2.60. The van der Waals surface area contributed by atoms with Crippen LogP contribution in [0.25, 0.3) is 0 Å². The Hall–Kier alpha value is -2.69. The lowest BCUT2D eigenvalue weighted by Gasteiger charge is -2.09. The fraction of sp³-hybridized carbons (Fsp3) is 0.278. The molecule has 0 spiro atoms. The molecule has 0 radical (unpaired) electrons. The molecule has 5 heteroatoms. The van der Waals surface area contributed by atoms with Crippen LogP contribution in [-0.4, -0.2) is 32.9 Å². The molecule has 2 aromatic carbocycles. The quantitative estimate of drug-likeness (QED) is 0.552. The van der Waals surface area contributed by atoms with Crippen molar-refractivity contribution in [1.82, 2.24) is 0 Å². The van der Waals surface area contributed by atoms with Crippen molar-refractivity contribution >= 4 is 5.97 Å². The van der Waals surface area contributed by atoms with Crippen LogP contribution in [0.15, 0.2) is 48.5 Å². The van der Waals surface area contributed by atoms with Crippen LogP contribution in [0.5, 0.6) is 17.2 Å². The van der Waals surface area contributed by atoms with E-state index in [0.717, 1.165) is 11.5 Å². The zero-order valence-electron chi connectivity index (χ0n) is 13.3. The summed E-state index contributed by atoms with van der Waals surface area (Å²) >= 11 is 0. The van der Waals surface area contributed by atoms with Gasteiger partial charge in [0.2, 0.25) is 0 Å². The van der Waals surface area contributed by atoms with Crippen molar-refractivity contribution in [2.45, 2.75) is 6.92 Å². The van der Waals surface area contributed by atoms with Crippen LogP contribution >= 0.6 is 0 Å². The average molecular weight is 316 g/mol. The van der Waals surface area contributed by atoms with E-state index in [1.165, 1.54) is 0 Å². The van der Waals surface area contributed by atoms with E-state index in [0.29, 0.717) is 31.1 Å². The zero-order chi connectivity index (χ0) is 16.5. The van der Waals surface area contributed by atoms with E-state index < -0.39 is 0 Å². The maximum atomic E-state index is 11.7. The maximum Gasteiger partial charge on any atom is 0.338 e. The summed E-state index contributed by atoms with van der Waals surface area (Å²) in [5.41, 5.74) is 0.473. The Balaban J connectivity index is 1.79. The highest BCUT2D eigenvalue weighted by Crippen LogP contribution is 2.17. The second-order valence-electron chi connectivity index (χ2n) is 4.62. The van der Waals surface area contributed by atoms with Crippen LogP contribution in [0.3, 0.4) is 0 Å². The minimum atomic E-state index is -0.354. The second-order valence-corrected chi connectivity index (χ2v) is 4.62. The summed E-state index contributed by atoms with van der Waals surface area (Å²) in [5.74, 6) is 1.78. The van der Waals surface area contributed by atoms with Gasteiger partial charge in [0.25, 0.3) is 0 Å². The molecule has 2 rings (SSSR count). The Morgan fingerprint density at radius 2 is 1.57 bits per heavy atom. The molecule has 0 aromatic heterocycles. The van der Waals surface area contributed by atoms with E-state index in [9.17, 15) is 4.79 Å². The third-order valence-electron chi connectivity index (χ3n) is 3.03. The molecule has 122 valence electrons. The summed E-state index contributed by atoms with van der Waals surface area (Å²) in [6.07, 6.45) is 0. The summed E-state index contributed by atoms with van der Waals surface area (Å²) in [6.45, 7) is 2.89. The number of hydrogen-bond acceptors (Lipinski definition) is 5. The van der Waals surface area contributed by atoms with Gasteiger partial charge in [-0.1, -0.05) is 6.07 Å². The maximum absolute atomic E-state index is 11.7. The van der Waals surface area contributed by atoms with Crippen LogP contribution in [0.1, 0.15) is 17.3 Å². The monoisotopic (exact) mass is 316 g/mol. The molecule has 0 N–H and O–H groups in total. The van der Waals surface area contributed by atoms with Crippen molar-refractivity contribution in [2.24, 2.45) is 0 Å². The van der Waals surface area contributed by atoms with Crippen molar-refractivity contribution < 1.29 is 23.7 Å². The predicted molar refractivity (Wildman–Crippen MR) is 86.4 cm³/mol. The number of carbonyl (C=O) groups excluding carboxylic acids is 1. The van der Waals surface area contributed by atoms with Crippen LogP contribution < -0.4 is 14.2 Å². The van der Waals surface area contributed by atoms with E-state index in [2.05, 4.69) is 0 Å². The molecular weight excluding hydrogens is 296 g/mol. The van der Waals surface area contributed by atoms with Crippen molar-refractivity contribution in [3.8, 4) is 17.2 Å². The Kier molecular flexibility index (Phi) is 6.29. The molecule has 0 saturated heterocycles. The van der Waals surface area contributed by atoms with Gasteiger partial charge in [0, 0.05) is 0 Å². The molecule has 0 fully saturated rings. The molecular formula is C18H20O5. The van der Waals surface area contributed by atoms with Crippen molar-refractivity contribution in [2.75, 3.05) is 26.9 Å². The summed E-state index contributed by atoms with van der Waals surface area (Å²) in [7, 11) is 1.62. The smallest absolute Gasteiger partial charge is 0.338 e. The summed E-state index contributed by atoms with van der Waals surface area (Å²) in [4.78, 5) is 11.7. The third kappa shape index (κ3) is 5.21. The van der Waals surface area contributed by atoms with Gasteiger partial charge in [0.05, 0.1) is 19.3 Å². The van der Waals surface area contributed by atoms with Crippen LogP contribution in [0, 0.1) is 0 Å². The van der Waals surface area contributed by atoms with E-state index >= 15 is 0 Å². The lowest BCUT2D eigenvalue weighted by atomic mass is 10.2. The highest BCUT2D eigenvalue weighted by atomic mass is 16.5. The first-order valence-electron chi connectivity index (χ1n) is 7.39. The van der Waals surface area contributed by atoms with Gasteiger partial charge in [-0.05, 0) is 49.4 Å². The molecule has 0 aliphatic rings. The van der Waals surface area contributed by atoms with E-state index in [1.807, 2.05) is 24.3 Å². The van der Waals surface area contributed by atoms with E-state index in [4.69, 9.17) is 18.9 Å². The molecule has 0 aliphatic carbocycles. The number of ether oxygens (including phenoxy) is 4. The second kappa shape index (κ2) is 8.68. The lowest BCUT2D eigenvalue weighted by Crippen LogP contribution is -2.10. The van der Waals surface area contributed by atoms with Crippen LogP contribution in [0.4, 0.5) is 0 Å². The molecule has 0 atom stereocenters. The molecule has 0 saturated carbocycles. The predicted octanol–water partition coefficient (Wildman–Crippen LogP) is 3.33.